The van der Waals surface area contributed by atoms with Gasteiger partial charge in [0.1, 0.15) is 5.82 Å². The van der Waals surface area contributed by atoms with Gasteiger partial charge in [-0.3, -0.25) is 4.98 Å². The van der Waals surface area contributed by atoms with Gasteiger partial charge < -0.3 is 10.4 Å². The molecule has 4 rings (SSSR count). The van der Waals surface area contributed by atoms with Crippen LogP contribution in [-0.4, -0.2) is 27.6 Å². The number of hydrogen-bond acceptors (Lipinski definition) is 4. The van der Waals surface area contributed by atoms with Crippen LogP contribution in [0.5, 0.6) is 0 Å². The first kappa shape index (κ1) is 17.0. The van der Waals surface area contributed by atoms with E-state index >= 15 is 0 Å². The Morgan fingerprint density at radius 2 is 1.96 bits per heavy atom. The van der Waals surface area contributed by atoms with Crippen molar-refractivity contribution in [1.82, 2.24) is 9.97 Å². The maximum atomic E-state index is 11.3. The third-order valence-electron chi connectivity index (χ3n) is 4.63. The number of carbonyl (C=O) groups is 1. The summed E-state index contributed by atoms with van der Waals surface area (Å²) in [5.41, 5.74) is 3.38. The van der Waals surface area contributed by atoms with Crippen molar-refractivity contribution in [2.75, 3.05) is 11.9 Å². The van der Waals surface area contributed by atoms with Gasteiger partial charge in [0.25, 0.3) is 0 Å². The van der Waals surface area contributed by atoms with Crippen molar-refractivity contribution in [2.24, 2.45) is 0 Å². The second kappa shape index (κ2) is 7.03. The van der Waals surface area contributed by atoms with Crippen LogP contribution >= 0.6 is 0 Å². The van der Waals surface area contributed by atoms with Crippen LogP contribution < -0.4 is 5.32 Å². The molecule has 5 heteroatoms. The molecule has 4 aromatic rings. The summed E-state index contributed by atoms with van der Waals surface area (Å²) in [5.74, 6) is -0.214. The highest BCUT2D eigenvalue weighted by atomic mass is 16.4. The van der Waals surface area contributed by atoms with Crippen LogP contribution in [-0.2, 0) is 6.42 Å². The Morgan fingerprint density at radius 3 is 2.78 bits per heavy atom. The maximum Gasteiger partial charge on any atom is 0.335 e. The Hall–Kier alpha value is -3.47. The van der Waals surface area contributed by atoms with Gasteiger partial charge in [0.15, 0.2) is 0 Å². The van der Waals surface area contributed by atoms with E-state index in [1.54, 1.807) is 30.6 Å². The number of benzene rings is 2. The second-order valence-electron chi connectivity index (χ2n) is 6.58. The number of hydrogen-bond donors (Lipinski definition) is 2. The standard InChI is InChI=1S/C22H19N3O2/c1-14-3-2-4-15(11-14)7-10-24-21-18-8-9-23-13-19(18)17-6-5-16(22(26)27)12-20(17)25-21/h2-6,8-9,11-13H,7,10H2,1H3,(H,24,25)(H,26,27). The van der Waals surface area contributed by atoms with Crippen LogP contribution in [0.15, 0.2) is 60.9 Å². The van der Waals surface area contributed by atoms with Crippen molar-refractivity contribution in [3.05, 3.63) is 77.6 Å². The van der Waals surface area contributed by atoms with Crippen LogP contribution in [0.2, 0.25) is 0 Å². The highest BCUT2D eigenvalue weighted by Gasteiger charge is 2.11. The predicted octanol–water partition coefficient (Wildman–Crippen LogP) is 4.44. The largest absolute Gasteiger partial charge is 0.478 e. The van der Waals surface area contributed by atoms with Gasteiger partial charge >= 0.3 is 5.97 Å². The van der Waals surface area contributed by atoms with Crippen LogP contribution in [0.25, 0.3) is 21.7 Å². The van der Waals surface area contributed by atoms with E-state index < -0.39 is 5.97 Å². The number of pyridine rings is 2. The quantitative estimate of drug-likeness (QED) is 0.516. The molecular formula is C22H19N3O2. The van der Waals surface area contributed by atoms with E-state index in [1.165, 1.54) is 11.1 Å². The van der Waals surface area contributed by atoms with Crippen molar-refractivity contribution in [3.8, 4) is 0 Å². The molecule has 134 valence electrons. The lowest BCUT2D eigenvalue weighted by Crippen LogP contribution is -2.07. The molecule has 0 saturated carbocycles. The molecule has 0 atom stereocenters. The van der Waals surface area contributed by atoms with E-state index in [-0.39, 0.29) is 5.56 Å². The second-order valence-corrected chi connectivity index (χ2v) is 6.58. The van der Waals surface area contributed by atoms with Crippen LogP contribution in [0.1, 0.15) is 21.5 Å². The lowest BCUT2D eigenvalue weighted by atomic mass is 10.1. The number of aromatic nitrogens is 2. The minimum Gasteiger partial charge on any atom is -0.478 e. The number of rotatable bonds is 5. The fourth-order valence-electron chi connectivity index (χ4n) is 3.31. The highest BCUT2D eigenvalue weighted by Crippen LogP contribution is 2.29. The van der Waals surface area contributed by atoms with Crippen molar-refractivity contribution >= 4 is 33.5 Å². The monoisotopic (exact) mass is 357 g/mol. The summed E-state index contributed by atoms with van der Waals surface area (Å²) in [6.07, 6.45) is 4.42. The average Bonchev–Trinajstić information content (AvgIpc) is 2.67. The van der Waals surface area contributed by atoms with E-state index in [0.29, 0.717) is 5.52 Å². The number of nitrogens with one attached hydrogen (secondary N) is 1. The van der Waals surface area contributed by atoms with Gasteiger partial charge in [0, 0.05) is 35.1 Å². The Bertz CT molecular complexity index is 1150. The topological polar surface area (TPSA) is 75.1 Å². The first-order valence-corrected chi connectivity index (χ1v) is 8.82. The van der Waals surface area contributed by atoms with Crippen LogP contribution in [0, 0.1) is 6.92 Å². The van der Waals surface area contributed by atoms with E-state index in [1.807, 2.05) is 6.07 Å². The van der Waals surface area contributed by atoms with Crippen molar-refractivity contribution in [3.63, 3.8) is 0 Å². The molecule has 0 spiro atoms. The molecule has 0 amide bonds. The van der Waals surface area contributed by atoms with Crippen molar-refractivity contribution in [2.45, 2.75) is 13.3 Å². The number of fused-ring (bicyclic) bond motifs is 3. The van der Waals surface area contributed by atoms with Gasteiger partial charge in [0.05, 0.1) is 11.1 Å². The number of anilines is 1. The molecule has 5 nitrogen and oxygen atoms in total. The minimum absolute atomic E-state index is 0.226. The van der Waals surface area contributed by atoms with Gasteiger partial charge in [-0.1, -0.05) is 35.9 Å². The van der Waals surface area contributed by atoms with Gasteiger partial charge in [-0.25, -0.2) is 9.78 Å². The van der Waals surface area contributed by atoms with E-state index in [0.717, 1.165) is 34.9 Å². The number of carboxylic acid groups (broad SMARTS) is 1. The molecule has 0 fully saturated rings. The summed E-state index contributed by atoms with van der Waals surface area (Å²) in [4.78, 5) is 20.2. The molecule has 0 aliphatic carbocycles. The van der Waals surface area contributed by atoms with E-state index in [2.05, 4.69) is 41.5 Å². The number of aryl methyl sites for hydroxylation is 1. The number of nitrogens with zero attached hydrogens (tertiary/aromatic N) is 2. The van der Waals surface area contributed by atoms with E-state index in [9.17, 15) is 9.90 Å². The summed E-state index contributed by atoms with van der Waals surface area (Å²) in [6.45, 7) is 2.82. The summed E-state index contributed by atoms with van der Waals surface area (Å²) < 4.78 is 0. The fourth-order valence-corrected chi connectivity index (χ4v) is 3.31. The minimum atomic E-state index is -0.959. The third kappa shape index (κ3) is 3.44. The molecule has 27 heavy (non-hydrogen) atoms. The first-order chi connectivity index (χ1) is 13.1. The van der Waals surface area contributed by atoms with Gasteiger partial charge in [-0.05, 0) is 37.1 Å². The number of carboxylic acids is 1. The van der Waals surface area contributed by atoms with Gasteiger partial charge in [0.2, 0.25) is 0 Å². The number of aromatic carboxylic acids is 1. The zero-order chi connectivity index (χ0) is 18.8. The Kier molecular flexibility index (Phi) is 4.42. The van der Waals surface area contributed by atoms with Gasteiger partial charge in [-0.2, -0.15) is 0 Å². The summed E-state index contributed by atoms with van der Waals surface area (Å²) >= 11 is 0. The summed E-state index contributed by atoms with van der Waals surface area (Å²) in [7, 11) is 0. The van der Waals surface area contributed by atoms with Crippen molar-refractivity contribution in [1.29, 1.82) is 0 Å². The lowest BCUT2D eigenvalue weighted by Gasteiger charge is -2.12. The molecule has 2 N–H and O–H groups in total. The third-order valence-corrected chi connectivity index (χ3v) is 4.63. The van der Waals surface area contributed by atoms with Crippen LogP contribution in [0.3, 0.4) is 0 Å². The summed E-state index contributed by atoms with van der Waals surface area (Å²) in [6, 6.07) is 15.4. The molecule has 0 aliphatic heterocycles. The molecule has 0 radical (unpaired) electrons. The highest BCUT2D eigenvalue weighted by molar-refractivity contribution is 6.10. The molecule has 2 aromatic carbocycles. The smallest absolute Gasteiger partial charge is 0.335 e. The predicted molar refractivity (Wildman–Crippen MR) is 107 cm³/mol. The molecule has 2 aromatic heterocycles. The summed E-state index contributed by atoms with van der Waals surface area (Å²) in [5, 5.41) is 15.5. The normalized spacial score (nSPS) is 11.0. The van der Waals surface area contributed by atoms with E-state index in [4.69, 9.17) is 4.98 Å². The fraction of sp³-hybridized carbons (Fsp3) is 0.136. The lowest BCUT2D eigenvalue weighted by molar-refractivity contribution is 0.0697. The zero-order valence-electron chi connectivity index (χ0n) is 14.9. The molecule has 2 heterocycles. The molecule has 0 unspecified atom stereocenters. The zero-order valence-corrected chi connectivity index (χ0v) is 14.9. The SMILES string of the molecule is Cc1cccc(CCNc2nc3cc(C(=O)O)ccc3c3cnccc23)c1. The molecule has 0 bridgehead atoms. The van der Waals surface area contributed by atoms with Gasteiger partial charge in [-0.15, -0.1) is 0 Å². The molecule has 0 aliphatic rings. The van der Waals surface area contributed by atoms with Crippen molar-refractivity contribution < 1.29 is 9.90 Å². The first-order valence-electron chi connectivity index (χ1n) is 8.82. The molecular weight excluding hydrogens is 338 g/mol. The maximum absolute atomic E-state index is 11.3. The Balaban J connectivity index is 1.70. The average molecular weight is 357 g/mol. The Labute approximate surface area is 156 Å². The molecule has 0 saturated heterocycles. The van der Waals surface area contributed by atoms with Crippen LogP contribution in [0.4, 0.5) is 5.82 Å². The Morgan fingerprint density at radius 1 is 1.07 bits per heavy atom.